The van der Waals surface area contributed by atoms with Crippen molar-refractivity contribution < 1.29 is 4.79 Å². The van der Waals surface area contributed by atoms with Crippen LogP contribution in [-0.4, -0.2) is 32.5 Å². The summed E-state index contributed by atoms with van der Waals surface area (Å²) in [5, 5.41) is 12.1. The van der Waals surface area contributed by atoms with E-state index in [-0.39, 0.29) is 11.2 Å². The number of hydrogen-bond acceptors (Lipinski definition) is 4. The van der Waals surface area contributed by atoms with Crippen molar-refractivity contribution in [3.05, 3.63) is 41.7 Å². The molecule has 1 aliphatic carbocycles. The number of rotatable bonds is 7. The van der Waals surface area contributed by atoms with Crippen LogP contribution in [0.2, 0.25) is 0 Å². The van der Waals surface area contributed by atoms with E-state index in [2.05, 4.69) is 39.1 Å². The number of amides is 1. The van der Waals surface area contributed by atoms with Crippen LogP contribution in [0.3, 0.4) is 0 Å². The molecule has 0 aliphatic heterocycles. The molecule has 1 heterocycles. The van der Waals surface area contributed by atoms with Crippen molar-refractivity contribution in [2.45, 2.75) is 56.0 Å². The Labute approximate surface area is 147 Å². The van der Waals surface area contributed by atoms with Gasteiger partial charge in [0.15, 0.2) is 5.16 Å². The van der Waals surface area contributed by atoms with Gasteiger partial charge in [0.1, 0.15) is 5.82 Å². The third kappa shape index (κ3) is 3.98. The van der Waals surface area contributed by atoms with Gasteiger partial charge in [0.05, 0.1) is 5.25 Å². The molecule has 1 saturated carbocycles. The molecule has 0 bridgehead atoms. The maximum atomic E-state index is 12.4. The quantitative estimate of drug-likeness (QED) is 0.783. The number of aryl methyl sites for hydroxylation is 1. The molecule has 1 N–H and O–H groups in total. The van der Waals surface area contributed by atoms with Crippen molar-refractivity contribution in [1.29, 1.82) is 0 Å². The molecule has 2 aromatic rings. The van der Waals surface area contributed by atoms with Crippen LogP contribution in [0.15, 0.2) is 35.5 Å². The van der Waals surface area contributed by atoms with E-state index in [1.54, 1.807) is 0 Å². The van der Waals surface area contributed by atoms with Crippen LogP contribution in [0.4, 0.5) is 0 Å². The van der Waals surface area contributed by atoms with Crippen LogP contribution in [0.1, 0.15) is 50.0 Å². The smallest absolute Gasteiger partial charge is 0.233 e. The van der Waals surface area contributed by atoms with Gasteiger partial charge in [0.2, 0.25) is 5.91 Å². The molecule has 3 rings (SSSR count). The summed E-state index contributed by atoms with van der Waals surface area (Å²) < 4.78 is 2.17. The zero-order valence-electron chi connectivity index (χ0n) is 14.4. The first-order valence-electron chi connectivity index (χ1n) is 8.47. The Hall–Kier alpha value is -1.82. The van der Waals surface area contributed by atoms with E-state index in [4.69, 9.17) is 0 Å². The third-order valence-electron chi connectivity index (χ3n) is 4.35. The van der Waals surface area contributed by atoms with Gasteiger partial charge in [0.25, 0.3) is 0 Å². The fraction of sp³-hybridized carbons (Fsp3) is 0.500. The van der Waals surface area contributed by atoms with Gasteiger partial charge < -0.3 is 9.88 Å². The molecular formula is C18H24N4OS. The van der Waals surface area contributed by atoms with Crippen LogP contribution < -0.4 is 5.32 Å². The van der Waals surface area contributed by atoms with E-state index in [0.717, 1.165) is 11.0 Å². The molecule has 1 aliphatic rings. The highest BCUT2D eigenvalue weighted by Gasteiger charge is 2.29. The molecule has 0 unspecified atom stereocenters. The summed E-state index contributed by atoms with van der Waals surface area (Å²) in [4.78, 5) is 12.4. The minimum Gasteiger partial charge on any atom is -0.355 e. The molecule has 0 radical (unpaired) electrons. The first kappa shape index (κ1) is 17.0. The third-order valence-corrected chi connectivity index (χ3v) is 5.41. The summed E-state index contributed by atoms with van der Waals surface area (Å²) in [7, 11) is 0. The molecule has 2 atom stereocenters. The summed E-state index contributed by atoms with van der Waals surface area (Å²) in [5.74, 6) is 1.28. The molecule has 6 heteroatoms. The standard InChI is InChI=1S/C18H24N4OS/c1-12(15-7-5-4-6-8-15)11-19-17(23)13(2)24-18-21-20-14(3)22(18)16-9-10-16/h4-8,12-13,16H,9-11H2,1-3H3,(H,19,23)/t12-,13-/m0/s1. The lowest BCUT2D eigenvalue weighted by Gasteiger charge is -2.16. The predicted molar refractivity (Wildman–Crippen MR) is 96.2 cm³/mol. The minimum absolute atomic E-state index is 0.0470. The normalized spacial score (nSPS) is 16.6. The highest BCUT2D eigenvalue weighted by Crippen LogP contribution is 2.39. The summed E-state index contributed by atoms with van der Waals surface area (Å²) in [6, 6.07) is 10.8. The molecule has 1 aromatic carbocycles. The summed E-state index contributed by atoms with van der Waals surface area (Å²) in [6.45, 7) is 6.67. The topological polar surface area (TPSA) is 59.8 Å². The largest absolute Gasteiger partial charge is 0.355 e. The second kappa shape index (κ2) is 7.38. The van der Waals surface area contributed by atoms with E-state index in [1.807, 2.05) is 32.0 Å². The first-order valence-corrected chi connectivity index (χ1v) is 9.35. The number of carbonyl (C=O) groups is 1. The average Bonchev–Trinajstić information content (AvgIpc) is 3.37. The zero-order chi connectivity index (χ0) is 17.1. The predicted octanol–water partition coefficient (Wildman–Crippen LogP) is 3.32. The number of carbonyl (C=O) groups excluding carboxylic acids is 1. The zero-order valence-corrected chi connectivity index (χ0v) is 15.2. The molecule has 0 saturated heterocycles. The monoisotopic (exact) mass is 344 g/mol. The number of hydrogen-bond donors (Lipinski definition) is 1. The first-order chi connectivity index (χ1) is 11.6. The lowest BCUT2D eigenvalue weighted by Crippen LogP contribution is -2.33. The number of benzene rings is 1. The van der Waals surface area contributed by atoms with Crippen LogP contribution in [-0.2, 0) is 4.79 Å². The Morgan fingerprint density at radius 3 is 2.67 bits per heavy atom. The number of aromatic nitrogens is 3. The fourth-order valence-electron chi connectivity index (χ4n) is 2.69. The fourth-order valence-corrected chi connectivity index (χ4v) is 3.68. The van der Waals surface area contributed by atoms with E-state index >= 15 is 0 Å². The van der Waals surface area contributed by atoms with Crippen LogP contribution >= 0.6 is 11.8 Å². The highest BCUT2D eigenvalue weighted by atomic mass is 32.2. The average molecular weight is 344 g/mol. The SMILES string of the molecule is Cc1nnc(S[C@@H](C)C(=O)NC[C@H](C)c2ccccc2)n1C1CC1. The van der Waals surface area contributed by atoms with E-state index in [0.29, 0.717) is 18.5 Å². The molecule has 1 amide bonds. The van der Waals surface area contributed by atoms with Gasteiger partial charge in [-0.05, 0) is 38.2 Å². The Morgan fingerprint density at radius 1 is 1.29 bits per heavy atom. The number of nitrogens with zero attached hydrogens (tertiary/aromatic N) is 3. The van der Waals surface area contributed by atoms with Gasteiger partial charge in [-0.25, -0.2) is 0 Å². The van der Waals surface area contributed by atoms with Crippen molar-refractivity contribution in [3.63, 3.8) is 0 Å². The van der Waals surface area contributed by atoms with E-state index in [1.165, 1.54) is 30.2 Å². The second-order valence-corrected chi connectivity index (χ2v) is 7.76. The van der Waals surface area contributed by atoms with Gasteiger partial charge >= 0.3 is 0 Å². The van der Waals surface area contributed by atoms with Gasteiger partial charge in [-0.1, -0.05) is 49.0 Å². The lowest BCUT2D eigenvalue weighted by molar-refractivity contribution is -0.120. The summed E-state index contributed by atoms with van der Waals surface area (Å²) in [6.07, 6.45) is 2.36. The van der Waals surface area contributed by atoms with Crippen LogP contribution in [0.5, 0.6) is 0 Å². The van der Waals surface area contributed by atoms with Gasteiger partial charge in [-0.3, -0.25) is 4.79 Å². The summed E-state index contributed by atoms with van der Waals surface area (Å²) >= 11 is 1.49. The van der Waals surface area contributed by atoms with Crippen molar-refractivity contribution in [3.8, 4) is 0 Å². The molecular weight excluding hydrogens is 320 g/mol. The number of nitrogens with one attached hydrogen (secondary N) is 1. The van der Waals surface area contributed by atoms with E-state index < -0.39 is 0 Å². The van der Waals surface area contributed by atoms with Crippen molar-refractivity contribution >= 4 is 17.7 Å². The van der Waals surface area contributed by atoms with Crippen molar-refractivity contribution in [2.24, 2.45) is 0 Å². The van der Waals surface area contributed by atoms with E-state index in [9.17, 15) is 4.79 Å². The lowest BCUT2D eigenvalue weighted by atomic mass is 10.0. The van der Waals surface area contributed by atoms with Gasteiger partial charge in [-0.2, -0.15) is 0 Å². The maximum Gasteiger partial charge on any atom is 0.233 e. The highest BCUT2D eigenvalue weighted by molar-refractivity contribution is 8.00. The Bertz CT molecular complexity index is 696. The number of thioether (sulfide) groups is 1. The Kier molecular flexibility index (Phi) is 5.23. The Morgan fingerprint density at radius 2 is 2.00 bits per heavy atom. The van der Waals surface area contributed by atoms with Crippen molar-refractivity contribution in [2.75, 3.05) is 6.54 Å². The molecule has 5 nitrogen and oxygen atoms in total. The molecule has 24 heavy (non-hydrogen) atoms. The molecule has 1 aromatic heterocycles. The second-order valence-electron chi connectivity index (χ2n) is 6.45. The maximum absolute atomic E-state index is 12.4. The Balaban J connectivity index is 1.54. The van der Waals surface area contributed by atoms with Crippen LogP contribution in [0, 0.1) is 6.92 Å². The minimum atomic E-state index is -0.186. The molecule has 128 valence electrons. The molecule has 0 spiro atoms. The molecule has 1 fully saturated rings. The van der Waals surface area contributed by atoms with Crippen LogP contribution in [0.25, 0.3) is 0 Å². The van der Waals surface area contributed by atoms with Gasteiger partial charge in [-0.15, -0.1) is 10.2 Å². The van der Waals surface area contributed by atoms with Gasteiger partial charge in [0, 0.05) is 12.6 Å². The van der Waals surface area contributed by atoms with Crippen molar-refractivity contribution in [1.82, 2.24) is 20.1 Å². The summed E-state index contributed by atoms with van der Waals surface area (Å²) in [5.41, 5.74) is 1.24.